The second kappa shape index (κ2) is 5.27. The average molecular weight is 230 g/mol. The SMILES string of the molecule is CN(C)C(=O)SCc1ccc(Cl)cc1. The minimum absolute atomic E-state index is 0.0694. The molecule has 1 aromatic carbocycles. The number of carbonyl (C=O) groups is 1. The third-order valence-electron chi connectivity index (χ3n) is 1.64. The Balaban J connectivity index is 2.46. The van der Waals surface area contributed by atoms with E-state index in [1.165, 1.54) is 11.8 Å². The highest BCUT2D eigenvalue weighted by atomic mass is 35.5. The van der Waals surface area contributed by atoms with E-state index in [9.17, 15) is 4.79 Å². The molecule has 1 rings (SSSR count). The smallest absolute Gasteiger partial charge is 0.281 e. The predicted octanol–water partition coefficient (Wildman–Crippen LogP) is 3.25. The van der Waals surface area contributed by atoms with Crippen molar-refractivity contribution in [1.29, 1.82) is 0 Å². The van der Waals surface area contributed by atoms with Crippen LogP contribution in [0.4, 0.5) is 4.79 Å². The summed E-state index contributed by atoms with van der Waals surface area (Å²) in [4.78, 5) is 12.8. The van der Waals surface area contributed by atoms with Gasteiger partial charge in [-0.25, -0.2) is 0 Å². The Morgan fingerprint density at radius 2 is 1.93 bits per heavy atom. The molecule has 14 heavy (non-hydrogen) atoms. The summed E-state index contributed by atoms with van der Waals surface area (Å²) in [7, 11) is 3.49. The quantitative estimate of drug-likeness (QED) is 0.776. The molecule has 0 atom stereocenters. The van der Waals surface area contributed by atoms with Gasteiger partial charge in [0.25, 0.3) is 5.24 Å². The van der Waals surface area contributed by atoms with Gasteiger partial charge in [0.1, 0.15) is 0 Å². The number of thioether (sulfide) groups is 1. The van der Waals surface area contributed by atoms with Crippen molar-refractivity contribution in [2.24, 2.45) is 0 Å². The van der Waals surface area contributed by atoms with Gasteiger partial charge in [-0.1, -0.05) is 35.5 Å². The van der Waals surface area contributed by atoms with E-state index in [0.29, 0.717) is 5.75 Å². The summed E-state index contributed by atoms with van der Waals surface area (Å²) in [6, 6.07) is 7.52. The van der Waals surface area contributed by atoms with Crippen LogP contribution in [-0.2, 0) is 5.75 Å². The molecule has 0 aromatic heterocycles. The Bertz CT molecular complexity index is 310. The summed E-state index contributed by atoms with van der Waals surface area (Å²) in [5, 5.41) is 0.789. The molecule has 0 N–H and O–H groups in total. The lowest BCUT2D eigenvalue weighted by Gasteiger charge is -2.08. The van der Waals surface area contributed by atoms with Gasteiger partial charge >= 0.3 is 0 Å². The van der Waals surface area contributed by atoms with E-state index in [4.69, 9.17) is 11.6 Å². The zero-order chi connectivity index (χ0) is 10.6. The lowest BCUT2D eigenvalue weighted by molar-refractivity contribution is 0.241. The Labute approximate surface area is 93.2 Å². The minimum Gasteiger partial charge on any atom is -0.340 e. The standard InChI is InChI=1S/C10H12ClNOS/c1-12(2)10(13)14-7-8-3-5-9(11)6-4-8/h3-6H,7H2,1-2H3. The van der Waals surface area contributed by atoms with Crippen LogP contribution in [0.5, 0.6) is 0 Å². The van der Waals surface area contributed by atoms with E-state index in [2.05, 4.69) is 0 Å². The molecule has 1 amide bonds. The highest BCUT2D eigenvalue weighted by Crippen LogP contribution is 2.16. The van der Waals surface area contributed by atoms with E-state index in [1.54, 1.807) is 19.0 Å². The maximum absolute atomic E-state index is 11.2. The number of benzene rings is 1. The van der Waals surface area contributed by atoms with Crippen molar-refractivity contribution >= 4 is 28.6 Å². The lowest BCUT2D eigenvalue weighted by Crippen LogP contribution is -2.16. The molecule has 2 nitrogen and oxygen atoms in total. The largest absolute Gasteiger partial charge is 0.340 e. The van der Waals surface area contributed by atoms with Crippen LogP contribution in [0.1, 0.15) is 5.56 Å². The van der Waals surface area contributed by atoms with Gasteiger partial charge in [-0.05, 0) is 17.7 Å². The number of nitrogens with zero attached hydrogens (tertiary/aromatic N) is 1. The molecule has 0 aliphatic carbocycles. The Kier molecular flexibility index (Phi) is 4.29. The van der Waals surface area contributed by atoms with Gasteiger partial charge in [-0.3, -0.25) is 4.79 Å². The molecule has 0 aliphatic heterocycles. The molecule has 0 unspecified atom stereocenters. The number of hydrogen-bond donors (Lipinski definition) is 0. The van der Waals surface area contributed by atoms with Crippen LogP contribution in [-0.4, -0.2) is 24.2 Å². The summed E-state index contributed by atoms with van der Waals surface area (Å²) >= 11 is 7.03. The van der Waals surface area contributed by atoms with Crippen LogP contribution < -0.4 is 0 Å². The Hall–Kier alpha value is -0.670. The third-order valence-corrected chi connectivity index (χ3v) is 2.98. The molecule has 0 heterocycles. The second-order valence-electron chi connectivity index (χ2n) is 3.08. The monoisotopic (exact) mass is 229 g/mol. The average Bonchev–Trinajstić information content (AvgIpc) is 2.16. The first-order valence-electron chi connectivity index (χ1n) is 4.18. The topological polar surface area (TPSA) is 20.3 Å². The first kappa shape index (κ1) is 11.4. The third kappa shape index (κ3) is 3.60. The predicted molar refractivity (Wildman–Crippen MR) is 61.8 cm³/mol. The molecule has 0 radical (unpaired) electrons. The number of halogens is 1. The normalized spacial score (nSPS) is 9.93. The summed E-state index contributed by atoms with van der Waals surface area (Å²) in [6.45, 7) is 0. The number of rotatable bonds is 2. The van der Waals surface area contributed by atoms with Crippen LogP contribution in [0.2, 0.25) is 5.02 Å². The molecule has 4 heteroatoms. The molecular weight excluding hydrogens is 218 g/mol. The summed E-state index contributed by atoms with van der Waals surface area (Å²) in [5.41, 5.74) is 1.11. The van der Waals surface area contributed by atoms with Crippen molar-refractivity contribution in [2.45, 2.75) is 5.75 Å². The molecule has 0 aliphatic rings. The number of carbonyl (C=O) groups excluding carboxylic acids is 1. The zero-order valence-electron chi connectivity index (χ0n) is 8.16. The molecule has 1 aromatic rings. The highest BCUT2D eigenvalue weighted by molar-refractivity contribution is 8.12. The summed E-state index contributed by atoms with van der Waals surface area (Å²) in [6.07, 6.45) is 0. The molecule has 0 bridgehead atoms. The minimum atomic E-state index is 0.0694. The fourth-order valence-electron chi connectivity index (χ4n) is 0.855. The molecule has 0 spiro atoms. The lowest BCUT2D eigenvalue weighted by atomic mass is 10.2. The van der Waals surface area contributed by atoms with Crippen molar-refractivity contribution in [2.75, 3.05) is 14.1 Å². The summed E-state index contributed by atoms with van der Waals surface area (Å²) in [5.74, 6) is 0.689. The molecule has 0 saturated heterocycles. The Morgan fingerprint density at radius 3 is 2.43 bits per heavy atom. The van der Waals surface area contributed by atoms with Crippen LogP contribution in [0.25, 0.3) is 0 Å². The van der Waals surface area contributed by atoms with Gasteiger partial charge in [-0.15, -0.1) is 0 Å². The van der Waals surface area contributed by atoms with Gasteiger partial charge in [0, 0.05) is 24.9 Å². The van der Waals surface area contributed by atoms with Gasteiger partial charge in [0.05, 0.1) is 0 Å². The number of hydrogen-bond acceptors (Lipinski definition) is 2. The summed E-state index contributed by atoms with van der Waals surface area (Å²) < 4.78 is 0. The zero-order valence-corrected chi connectivity index (χ0v) is 9.73. The number of amides is 1. The van der Waals surface area contributed by atoms with Crippen molar-refractivity contribution < 1.29 is 4.79 Å². The van der Waals surface area contributed by atoms with E-state index >= 15 is 0 Å². The van der Waals surface area contributed by atoms with Gasteiger partial charge in [-0.2, -0.15) is 0 Å². The first-order chi connectivity index (χ1) is 6.59. The van der Waals surface area contributed by atoms with Crippen LogP contribution in [0.3, 0.4) is 0 Å². The van der Waals surface area contributed by atoms with E-state index in [0.717, 1.165) is 10.6 Å². The molecule has 0 saturated carbocycles. The van der Waals surface area contributed by atoms with E-state index < -0.39 is 0 Å². The van der Waals surface area contributed by atoms with Crippen molar-refractivity contribution in [1.82, 2.24) is 4.90 Å². The van der Waals surface area contributed by atoms with Gasteiger partial charge < -0.3 is 4.90 Å². The molecular formula is C10H12ClNOS. The van der Waals surface area contributed by atoms with Crippen LogP contribution in [0, 0.1) is 0 Å². The Morgan fingerprint density at radius 1 is 1.36 bits per heavy atom. The van der Waals surface area contributed by atoms with Gasteiger partial charge in [0.2, 0.25) is 0 Å². The van der Waals surface area contributed by atoms with Crippen molar-refractivity contribution in [3.63, 3.8) is 0 Å². The molecule has 0 fully saturated rings. The van der Waals surface area contributed by atoms with Crippen LogP contribution in [0.15, 0.2) is 24.3 Å². The van der Waals surface area contributed by atoms with Crippen molar-refractivity contribution in [3.8, 4) is 0 Å². The molecule has 76 valence electrons. The maximum atomic E-state index is 11.2. The fourth-order valence-corrected chi connectivity index (χ4v) is 1.72. The maximum Gasteiger partial charge on any atom is 0.281 e. The van der Waals surface area contributed by atoms with Crippen LogP contribution >= 0.6 is 23.4 Å². The van der Waals surface area contributed by atoms with Crippen molar-refractivity contribution in [3.05, 3.63) is 34.9 Å². The fraction of sp³-hybridized carbons (Fsp3) is 0.300. The first-order valence-corrected chi connectivity index (χ1v) is 5.54. The van der Waals surface area contributed by atoms with E-state index in [-0.39, 0.29) is 5.24 Å². The van der Waals surface area contributed by atoms with E-state index in [1.807, 2.05) is 24.3 Å². The highest BCUT2D eigenvalue weighted by Gasteiger charge is 2.04. The van der Waals surface area contributed by atoms with Gasteiger partial charge in [0.15, 0.2) is 0 Å². The second-order valence-corrected chi connectivity index (χ2v) is 4.44.